The highest BCUT2D eigenvalue weighted by Crippen LogP contribution is 2.17. The number of rotatable bonds is 17. The van der Waals surface area contributed by atoms with Gasteiger partial charge in [-0.05, 0) is 13.3 Å². The smallest absolute Gasteiger partial charge is 0.375 e. The first-order chi connectivity index (χ1) is 12.6. The van der Waals surface area contributed by atoms with Gasteiger partial charge in [-0.3, -0.25) is 9.59 Å². The lowest BCUT2D eigenvalue weighted by molar-refractivity contribution is -0.161. The summed E-state index contributed by atoms with van der Waals surface area (Å²) < 4.78 is 9.35. The second-order valence-electron chi connectivity index (χ2n) is 6.84. The maximum absolute atomic E-state index is 11.9. The Balaban J connectivity index is 3.83. The van der Waals surface area contributed by atoms with Gasteiger partial charge in [0.05, 0.1) is 13.7 Å². The molecule has 0 aliphatic heterocycles. The van der Waals surface area contributed by atoms with E-state index in [1.54, 1.807) is 6.92 Å². The second kappa shape index (κ2) is 17.0. The third-order valence-corrected chi connectivity index (χ3v) is 4.62. The number of hydrogen-bond donors (Lipinski definition) is 0. The third-order valence-electron chi connectivity index (χ3n) is 4.62. The van der Waals surface area contributed by atoms with Crippen molar-refractivity contribution >= 4 is 17.7 Å². The number of ether oxygens (including phenoxy) is 2. The first-order valence-corrected chi connectivity index (χ1v) is 10.4. The molecule has 0 aliphatic rings. The van der Waals surface area contributed by atoms with E-state index in [1.807, 2.05) is 0 Å². The molecular formula is C21H38O5. The normalized spacial score (nSPS) is 11.8. The van der Waals surface area contributed by atoms with Crippen LogP contribution in [0.1, 0.15) is 97.3 Å². The van der Waals surface area contributed by atoms with Crippen LogP contribution in [0.15, 0.2) is 0 Å². The molecule has 0 aromatic heterocycles. The Morgan fingerprint density at radius 1 is 0.731 bits per heavy atom. The summed E-state index contributed by atoms with van der Waals surface area (Å²) in [6.45, 7) is 4.11. The van der Waals surface area contributed by atoms with Crippen LogP contribution in [0.2, 0.25) is 0 Å². The van der Waals surface area contributed by atoms with Crippen molar-refractivity contribution in [1.29, 1.82) is 0 Å². The number of carbonyl (C=O) groups excluding carboxylic acids is 3. The molecule has 0 radical (unpaired) electrons. The summed E-state index contributed by atoms with van der Waals surface area (Å²) in [5.74, 6) is -3.41. The molecule has 0 aromatic carbocycles. The summed E-state index contributed by atoms with van der Waals surface area (Å²) >= 11 is 0. The van der Waals surface area contributed by atoms with Gasteiger partial charge in [0.15, 0.2) is 0 Å². The average Bonchev–Trinajstić information content (AvgIpc) is 2.64. The number of Topliss-reactive ketones (excluding diaryl/α,β-unsaturated/α-hetero) is 1. The van der Waals surface area contributed by atoms with Crippen molar-refractivity contribution in [2.75, 3.05) is 13.7 Å². The van der Waals surface area contributed by atoms with Gasteiger partial charge in [-0.15, -0.1) is 0 Å². The summed E-state index contributed by atoms with van der Waals surface area (Å²) in [6, 6.07) is 0. The van der Waals surface area contributed by atoms with Crippen molar-refractivity contribution in [2.45, 2.75) is 97.3 Å². The van der Waals surface area contributed by atoms with Crippen LogP contribution in [0.4, 0.5) is 0 Å². The fraction of sp³-hybridized carbons (Fsp3) is 0.857. The zero-order valence-corrected chi connectivity index (χ0v) is 17.0. The molecular weight excluding hydrogens is 332 g/mol. The molecule has 5 nitrogen and oxygen atoms in total. The second-order valence-corrected chi connectivity index (χ2v) is 6.84. The predicted octanol–water partition coefficient (Wildman–Crippen LogP) is 5.00. The Labute approximate surface area is 159 Å². The van der Waals surface area contributed by atoms with Crippen LogP contribution in [0, 0.1) is 5.92 Å². The molecule has 0 spiro atoms. The van der Waals surface area contributed by atoms with Gasteiger partial charge >= 0.3 is 11.9 Å². The standard InChI is InChI=1S/C21H38O5/c1-4-6-7-8-9-10-11-12-13-14-15-16-17-18(20(23)26-5-2)19(22)21(24)25-3/h18H,4-17H2,1-3H3. The summed E-state index contributed by atoms with van der Waals surface area (Å²) in [4.78, 5) is 35.2. The first kappa shape index (κ1) is 24.6. The van der Waals surface area contributed by atoms with E-state index < -0.39 is 23.6 Å². The van der Waals surface area contributed by atoms with Crippen LogP contribution < -0.4 is 0 Å². The molecule has 0 saturated heterocycles. The van der Waals surface area contributed by atoms with Crippen LogP contribution >= 0.6 is 0 Å². The largest absolute Gasteiger partial charge is 0.465 e. The minimum Gasteiger partial charge on any atom is -0.465 e. The molecule has 0 bridgehead atoms. The lowest BCUT2D eigenvalue weighted by Gasteiger charge is -2.13. The highest BCUT2D eigenvalue weighted by Gasteiger charge is 2.32. The van der Waals surface area contributed by atoms with Crippen LogP contribution in [-0.4, -0.2) is 31.4 Å². The van der Waals surface area contributed by atoms with E-state index in [9.17, 15) is 14.4 Å². The van der Waals surface area contributed by atoms with E-state index in [-0.39, 0.29) is 6.61 Å². The lowest BCUT2D eigenvalue weighted by Crippen LogP contribution is -2.32. The molecule has 0 amide bonds. The van der Waals surface area contributed by atoms with E-state index >= 15 is 0 Å². The highest BCUT2D eigenvalue weighted by molar-refractivity contribution is 6.37. The van der Waals surface area contributed by atoms with Crippen molar-refractivity contribution in [3.8, 4) is 0 Å². The molecule has 0 saturated carbocycles. The SMILES string of the molecule is CCCCCCCCCCCCCCC(C(=O)OCC)C(=O)C(=O)OC. The highest BCUT2D eigenvalue weighted by atomic mass is 16.5. The molecule has 0 aliphatic carbocycles. The summed E-state index contributed by atoms with van der Waals surface area (Å²) in [6.07, 6.45) is 14.9. The van der Waals surface area contributed by atoms with E-state index in [0.29, 0.717) is 6.42 Å². The van der Waals surface area contributed by atoms with E-state index in [1.165, 1.54) is 57.8 Å². The quantitative estimate of drug-likeness (QED) is 0.156. The zero-order valence-electron chi connectivity index (χ0n) is 17.0. The number of ketones is 1. The van der Waals surface area contributed by atoms with E-state index in [4.69, 9.17) is 4.74 Å². The number of unbranched alkanes of at least 4 members (excludes halogenated alkanes) is 11. The maximum Gasteiger partial charge on any atom is 0.375 e. The van der Waals surface area contributed by atoms with Crippen molar-refractivity contribution in [3.63, 3.8) is 0 Å². The average molecular weight is 371 g/mol. The monoisotopic (exact) mass is 370 g/mol. The van der Waals surface area contributed by atoms with Crippen molar-refractivity contribution in [1.82, 2.24) is 0 Å². The van der Waals surface area contributed by atoms with E-state index in [0.717, 1.165) is 26.4 Å². The zero-order chi connectivity index (χ0) is 19.6. The van der Waals surface area contributed by atoms with Crippen LogP contribution in [0.3, 0.4) is 0 Å². The Bertz CT molecular complexity index is 392. The Kier molecular flexibility index (Phi) is 16.1. The fourth-order valence-electron chi connectivity index (χ4n) is 3.03. The Morgan fingerprint density at radius 2 is 1.19 bits per heavy atom. The topological polar surface area (TPSA) is 69.7 Å². The van der Waals surface area contributed by atoms with Gasteiger partial charge in [-0.2, -0.15) is 0 Å². The Hall–Kier alpha value is -1.39. The summed E-state index contributed by atoms with van der Waals surface area (Å²) in [5.41, 5.74) is 0. The molecule has 0 aromatic rings. The fourth-order valence-corrected chi connectivity index (χ4v) is 3.03. The predicted molar refractivity (Wildman–Crippen MR) is 103 cm³/mol. The molecule has 26 heavy (non-hydrogen) atoms. The van der Waals surface area contributed by atoms with Crippen LogP contribution in [0.5, 0.6) is 0 Å². The number of hydrogen-bond acceptors (Lipinski definition) is 5. The number of carbonyl (C=O) groups is 3. The van der Waals surface area contributed by atoms with Gasteiger partial charge in [-0.25, -0.2) is 4.79 Å². The third kappa shape index (κ3) is 12.0. The van der Waals surface area contributed by atoms with Gasteiger partial charge in [-0.1, -0.05) is 84.0 Å². The van der Waals surface area contributed by atoms with Crippen molar-refractivity contribution < 1.29 is 23.9 Å². The van der Waals surface area contributed by atoms with Crippen LogP contribution in [0.25, 0.3) is 0 Å². The molecule has 0 heterocycles. The number of esters is 2. The molecule has 0 N–H and O–H groups in total. The number of methoxy groups -OCH3 is 1. The van der Waals surface area contributed by atoms with Gasteiger partial charge in [0.1, 0.15) is 5.92 Å². The Morgan fingerprint density at radius 3 is 1.62 bits per heavy atom. The van der Waals surface area contributed by atoms with Gasteiger partial charge in [0.25, 0.3) is 5.78 Å². The minimum absolute atomic E-state index is 0.197. The molecule has 1 atom stereocenters. The molecule has 0 fully saturated rings. The summed E-state index contributed by atoms with van der Waals surface area (Å²) in [7, 11) is 1.15. The molecule has 5 heteroatoms. The van der Waals surface area contributed by atoms with Crippen molar-refractivity contribution in [3.05, 3.63) is 0 Å². The first-order valence-electron chi connectivity index (χ1n) is 10.4. The summed E-state index contributed by atoms with van der Waals surface area (Å²) in [5, 5.41) is 0. The molecule has 0 rings (SSSR count). The lowest BCUT2D eigenvalue weighted by atomic mass is 9.96. The minimum atomic E-state index is -1.02. The van der Waals surface area contributed by atoms with E-state index in [2.05, 4.69) is 11.7 Å². The molecule has 1 unspecified atom stereocenters. The van der Waals surface area contributed by atoms with Gasteiger partial charge in [0, 0.05) is 0 Å². The van der Waals surface area contributed by atoms with Gasteiger partial charge in [0.2, 0.25) is 0 Å². The maximum atomic E-state index is 11.9. The van der Waals surface area contributed by atoms with Crippen LogP contribution in [-0.2, 0) is 23.9 Å². The molecule has 152 valence electrons. The van der Waals surface area contributed by atoms with Crippen molar-refractivity contribution in [2.24, 2.45) is 5.92 Å². The van der Waals surface area contributed by atoms with Gasteiger partial charge < -0.3 is 9.47 Å².